The minimum Gasteiger partial charge on any atom is -0.395 e. The predicted octanol–water partition coefficient (Wildman–Crippen LogP) is 2.68. The molecule has 1 aliphatic rings. The number of hydrogen-bond acceptors (Lipinski definition) is 4. The highest BCUT2D eigenvalue weighted by molar-refractivity contribution is 7.91. The van der Waals surface area contributed by atoms with Gasteiger partial charge < -0.3 is 10.4 Å². The molecule has 0 saturated heterocycles. The average molecular weight is 368 g/mol. The maximum atomic E-state index is 12.4. The number of carbonyl (C=O) groups is 1. The smallest absolute Gasteiger partial charge is 0.223 e. The van der Waals surface area contributed by atoms with E-state index in [0.29, 0.717) is 12.5 Å². The standard InChI is InChI=1S/C19H29NO4S/c1-2-17(13-15-5-3-4-6-15)19(22)20-14-16-7-9-18(10-8-16)25(23,24)12-11-21/h7-10,15,17,21H,2-6,11-14H2,1H3,(H,20,22)/t17-/m0/s1. The number of sulfone groups is 1. The van der Waals surface area contributed by atoms with E-state index >= 15 is 0 Å². The quantitative estimate of drug-likeness (QED) is 0.703. The number of rotatable bonds is 9. The van der Waals surface area contributed by atoms with E-state index < -0.39 is 9.84 Å². The van der Waals surface area contributed by atoms with Gasteiger partial charge in [0.05, 0.1) is 17.3 Å². The predicted molar refractivity (Wildman–Crippen MR) is 97.8 cm³/mol. The van der Waals surface area contributed by atoms with Gasteiger partial charge in [-0.15, -0.1) is 0 Å². The summed E-state index contributed by atoms with van der Waals surface area (Å²) < 4.78 is 23.7. The first-order valence-electron chi connectivity index (χ1n) is 9.16. The van der Waals surface area contributed by atoms with Gasteiger partial charge in [0, 0.05) is 12.5 Å². The summed E-state index contributed by atoms with van der Waals surface area (Å²) in [6.45, 7) is 2.07. The third-order valence-corrected chi connectivity index (χ3v) is 6.78. The van der Waals surface area contributed by atoms with Crippen LogP contribution in [0.2, 0.25) is 0 Å². The number of benzene rings is 1. The molecule has 0 aliphatic heterocycles. The van der Waals surface area contributed by atoms with Gasteiger partial charge in [0.1, 0.15) is 0 Å². The van der Waals surface area contributed by atoms with Gasteiger partial charge >= 0.3 is 0 Å². The van der Waals surface area contributed by atoms with Crippen molar-refractivity contribution >= 4 is 15.7 Å². The summed E-state index contributed by atoms with van der Waals surface area (Å²) in [6, 6.07) is 6.48. The van der Waals surface area contributed by atoms with Crippen molar-refractivity contribution in [2.24, 2.45) is 11.8 Å². The van der Waals surface area contributed by atoms with Crippen LogP contribution >= 0.6 is 0 Å². The lowest BCUT2D eigenvalue weighted by Gasteiger charge is -2.18. The Morgan fingerprint density at radius 1 is 1.24 bits per heavy atom. The molecule has 1 atom stereocenters. The Hall–Kier alpha value is -1.40. The highest BCUT2D eigenvalue weighted by Gasteiger charge is 2.23. The first-order valence-corrected chi connectivity index (χ1v) is 10.8. The molecule has 1 saturated carbocycles. The van der Waals surface area contributed by atoms with Crippen LogP contribution in [0.25, 0.3) is 0 Å². The third kappa shape index (κ3) is 5.82. The zero-order valence-corrected chi connectivity index (χ0v) is 15.7. The number of amides is 1. The van der Waals surface area contributed by atoms with Crippen molar-refractivity contribution in [1.82, 2.24) is 5.32 Å². The normalized spacial score (nSPS) is 16.7. The molecule has 25 heavy (non-hydrogen) atoms. The molecule has 1 aliphatic carbocycles. The minimum absolute atomic E-state index is 0.0623. The molecule has 6 heteroatoms. The lowest BCUT2D eigenvalue weighted by molar-refractivity contribution is -0.125. The van der Waals surface area contributed by atoms with E-state index in [9.17, 15) is 13.2 Å². The molecular formula is C19H29NO4S. The van der Waals surface area contributed by atoms with Crippen molar-refractivity contribution in [2.75, 3.05) is 12.4 Å². The van der Waals surface area contributed by atoms with Gasteiger partial charge in [-0.25, -0.2) is 8.42 Å². The lowest BCUT2D eigenvalue weighted by Crippen LogP contribution is -2.31. The molecule has 5 nitrogen and oxygen atoms in total. The van der Waals surface area contributed by atoms with Crippen molar-refractivity contribution in [3.05, 3.63) is 29.8 Å². The molecule has 0 spiro atoms. The maximum Gasteiger partial charge on any atom is 0.223 e. The summed E-state index contributed by atoms with van der Waals surface area (Å²) in [5.41, 5.74) is 0.868. The summed E-state index contributed by atoms with van der Waals surface area (Å²) in [6.07, 6.45) is 6.88. The summed E-state index contributed by atoms with van der Waals surface area (Å²) in [5.74, 6) is 0.563. The monoisotopic (exact) mass is 367 g/mol. The molecule has 0 heterocycles. The Balaban J connectivity index is 1.88. The Labute approximate surface area is 150 Å². The van der Waals surface area contributed by atoms with E-state index in [-0.39, 0.29) is 29.1 Å². The van der Waals surface area contributed by atoms with Crippen molar-refractivity contribution in [2.45, 2.75) is 56.9 Å². The van der Waals surface area contributed by atoms with Gasteiger partial charge in [-0.1, -0.05) is 44.7 Å². The molecule has 2 rings (SSSR count). The fourth-order valence-corrected chi connectivity index (χ4v) is 4.52. The Morgan fingerprint density at radius 3 is 2.44 bits per heavy atom. The van der Waals surface area contributed by atoms with Crippen LogP contribution in [-0.4, -0.2) is 31.8 Å². The fraction of sp³-hybridized carbons (Fsp3) is 0.632. The molecule has 0 unspecified atom stereocenters. The van der Waals surface area contributed by atoms with E-state index in [4.69, 9.17) is 5.11 Å². The molecule has 140 valence electrons. The topological polar surface area (TPSA) is 83.5 Å². The highest BCUT2D eigenvalue weighted by atomic mass is 32.2. The minimum atomic E-state index is -3.43. The Bertz CT molecular complexity index is 649. The second-order valence-electron chi connectivity index (χ2n) is 6.90. The second kappa shape index (κ2) is 9.34. The van der Waals surface area contributed by atoms with Crippen LogP contribution in [0.4, 0.5) is 0 Å². The van der Waals surface area contributed by atoms with Crippen LogP contribution in [0.1, 0.15) is 51.0 Å². The van der Waals surface area contributed by atoms with E-state index in [1.807, 2.05) is 0 Å². The molecule has 2 N–H and O–H groups in total. The second-order valence-corrected chi connectivity index (χ2v) is 9.00. The van der Waals surface area contributed by atoms with E-state index in [0.717, 1.165) is 18.4 Å². The summed E-state index contributed by atoms with van der Waals surface area (Å²) in [5, 5.41) is 11.8. The molecule has 0 bridgehead atoms. The number of aliphatic hydroxyl groups is 1. The first kappa shape index (κ1) is 19.9. The van der Waals surface area contributed by atoms with Crippen molar-refractivity contribution in [3.63, 3.8) is 0 Å². The molecular weight excluding hydrogens is 338 g/mol. The van der Waals surface area contributed by atoms with Gasteiger partial charge in [-0.05, 0) is 36.5 Å². The van der Waals surface area contributed by atoms with Gasteiger partial charge in [0.15, 0.2) is 9.84 Å². The van der Waals surface area contributed by atoms with Crippen molar-refractivity contribution < 1.29 is 18.3 Å². The molecule has 1 amide bonds. The maximum absolute atomic E-state index is 12.4. The zero-order valence-electron chi connectivity index (χ0n) is 14.9. The van der Waals surface area contributed by atoms with Crippen LogP contribution < -0.4 is 5.32 Å². The van der Waals surface area contributed by atoms with Crippen LogP contribution in [-0.2, 0) is 21.2 Å². The van der Waals surface area contributed by atoms with E-state index in [1.165, 1.54) is 37.8 Å². The van der Waals surface area contributed by atoms with Gasteiger partial charge in [0.25, 0.3) is 0 Å². The summed E-state index contributed by atoms with van der Waals surface area (Å²) in [7, 11) is -3.43. The summed E-state index contributed by atoms with van der Waals surface area (Å²) >= 11 is 0. The van der Waals surface area contributed by atoms with Crippen molar-refractivity contribution in [3.8, 4) is 0 Å². The molecule has 0 aromatic heterocycles. The van der Waals surface area contributed by atoms with E-state index in [1.54, 1.807) is 12.1 Å². The van der Waals surface area contributed by atoms with Crippen LogP contribution in [0, 0.1) is 11.8 Å². The van der Waals surface area contributed by atoms with Crippen LogP contribution in [0.15, 0.2) is 29.2 Å². The third-order valence-electron chi connectivity index (χ3n) is 5.07. The molecule has 0 radical (unpaired) electrons. The average Bonchev–Trinajstić information content (AvgIpc) is 3.11. The van der Waals surface area contributed by atoms with Gasteiger partial charge in [-0.3, -0.25) is 4.79 Å². The molecule has 1 aromatic carbocycles. The fourth-order valence-electron chi connectivity index (χ4n) is 3.49. The summed E-state index contributed by atoms with van der Waals surface area (Å²) in [4.78, 5) is 12.6. The number of hydrogen-bond donors (Lipinski definition) is 2. The Kier molecular flexibility index (Phi) is 7.44. The van der Waals surface area contributed by atoms with Gasteiger partial charge in [-0.2, -0.15) is 0 Å². The highest BCUT2D eigenvalue weighted by Crippen LogP contribution is 2.31. The Morgan fingerprint density at radius 2 is 1.88 bits per heavy atom. The number of carbonyl (C=O) groups excluding carboxylic acids is 1. The first-order chi connectivity index (χ1) is 12.0. The number of nitrogens with one attached hydrogen (secondary N) is 1. The van der Waals surface area contributed by atoms with E-state index in [2.05, 4.69) is 12.2 Å². The van der Waals surface area contributed by atoms with Crippen LogP contribution in [0.3, 0.4) is 0 Å². The van der Waals surface area contributed by atoms with Gasteiger partial charge in [0.2, 0.25) is 5.91 Å². The zero-order chi connectivity index (χ0) is 18.3. The molecule has 1 fully saturated rings. The lowest BCUT2D eigenvalue weighted by atomic mass is 9.91. The molecule has 1 aromatic rings. The van der Waals surface area contributed by atoms with Crippen LogP contribution in [0.5, 0.6) is 0 Å². The SMILES string of the molecule is CC[C@@H](CC1CCCC1)C(=O)NCc1ccc(S(=O)(=O)CCO)cc1. The largest absolute Gasteiger partial charge is 0.395 e. The number of aliphatic hydroxyl groups excluding tert-OH is 1. The van der Waals surface area contributed by atoms with Crippen molar-refractivity contribution in [1.29, 1.82) is 0 Å².